The molecule has 0 radical (unpaired) electrons. The van der Waals surface area contributed by atoms with Crippen molar-refractivity contribution in [2.24, 2.45) is 0 Å². The topological polar surface area (TPSA) is 60.2 Å². The first kappa shape index (κ1) is 14.5. The molecule has 1 unspecified atom stereocenters. The minimum Gasteiger partial charge on any atom is -0.481 e. The third kappa shape index (κ3) is 3.57. The molecule has 108 valence electrons. The van der Waals surface area contributed by atoms with Crippen LogP contribution in [0.25, 0.3) is 0 Å². The largest absolute Gasteiger partial charge is 0.481 e. The first-order chi connectivity index (χ1) is 9.62. The van der Waals surface area contributed by atoms with Gasteiger partial charge in [-0.2, -0.15) is 5.10 Å². The van der Waals surface area contributed by atoms with Crippen LogP contribution in [0.2, 0.25) is 0 Å². The van der Waals surface area contributed by atoms with Crippen molar-refractivity contribution < 1.29 is 9.84 Å². The fraction of sp³-hybridized carbons (Fsp3) is 0.467. The van der Waals surface area contributed by atoms with E-state index in [2.05, 4.69) is 17.0 Å². The highest BCUT2D eigenvalue weighted by Gasteiger charge is 2.12. The minimum absolute atomic E-state index is 0.438. The molecule has 2 heterocycles. The lowest BCUT2D eigenvalue weighted by atomic mass is 10.1. The van der Waals surface area contributed by atoms with E-state index in [1.165, 1.54) is 0 Å². The Kier molecular flexibility index (Phi) is 4.74. The molecule has 0 fully saturated rings. The van der Waals surface area contributed by atoms with Crippen LogP contribution in [-0.2, 0) is 19.4 Å². The molecule has 2 aromatic heterocycles. The molecule has 0 amide bonds. The van der Waals surface area contributed by atoms with Crippen LogP contribution in [0.15, 0.2) is 24.4 Å². The molecular formula is C15H21N3O2. The van der Waals surface area contributed by atoms with E-state index in [0.29, 0.717) is 18.7 Å². The Labute approximate surface area is 119 Å². The van der Waals surface area contributed by atoms with Crippen molar-refractivity contribution >= 4 is 0 Å². The smallest absolute Gasteiger partial charge is 0.212 e. The highest BCUT2D eigenvalue weighted by atomic mass is 16.5. The van der Waals surface area contributed by atoms with Gasteiger partial charge in [-0.3, -0.25) is 4.68 Å². The van der Waals surface area contributed by atoms with Crippen LogP contribution in [0.1, 0.15) is 23.9 Å². The van der Waals surface area contributed by atoms with Gasteiger partial charge in [0.2, 0.25) is 5.88 Å². The summed E-state index contributed by atoms with van der Waals surface area (Å²) in [6, 6.07) is 5.76. The lowest BCUT2D eigenvalue weighted by Crippen LogP contribution is -2.17. The summed E-state index contributed by atoms with van der Waals surface area (Å²) in [5.74, 6) is 0.586. The van der Waals surface area contributed by atoms with Crippen LogP contribution in [0.5, 0.6) is 5.88 Å². The zero-order chi connectivity index (χ0) is 14.5. The second-order valence-electron chi connectivity index (χ2n) is 4.86. The molecule has 0 aromatic carbocycles. The van der Waals surface area contributed by atoms with Gasteiger partial charge in [0.15, 0.2) is 0 Å². The first-order valence-corrected chi connectivity index (χ1v) is 6.82. The van der Waals surface area contributed by atoms with Crippen molar-refractivity contribution in [3.05, 3.63) is 41.3 Å². The summed E-state index contributed by atoms with van der Waals surface area (Å²) in [5.41, 5.74) is 3.05. The molecule has 5 nitrogen and oxygen atoms in total. The number of rotatable bonds is 6. The summed E-state index contributed by atoms with van der Waals surface area (Å²) in [4.78, 5) is 4.14. The van der Waals surface area contributed by atoms with Gasteiger partial charge in [-0.05, 0) is 25.5 Å². The summed E-state index contributed by atoms with van der Waals surface area (Å²) in [6.07, 6.45) is 2.47. The molecule has 0 saturated heterocycles. The van der Waals surface area contributed by atoms with Crippen molar-refractivity contribution in [1.29, 1.82) is 0 Å². The number of methoxy groups -OCH3 is 1. The van der Waals surface area contributed by atoms with Crippen molar-refractivity contribution in [3.8, 4) is 5.88 Å². The zero-order valence-electron chi connectivity index (χ0n) is 12.2. The number of hydrogen-bond acceptors (Lipinski definition) is 4. The van der Waals surface area contributed by atoms with Crippen LogP contribution in [0.4, 0.5) is 0 Å². The normalized spacial score (nSPS) is 12.4. The number of pyridine rings is 1. The quantitative estimate of drug-likeness (QED) is 0.872. The predicted molar refractivity (Wildman–Crippen MR) is 76.8 cm³/mol. The summed E-state index contributed by atoms with van der Waals surface area (Å²) in [6.45, 7) is 4.84. The molecule has 0 aliphatic heterocycles. The van der Waals surface area contributed by atoms with Gasteiger partial charge in [0.1, 0.15) is 0 Å². The van der Waals surface area contributed by atoms with Gasteiger partial charge in [0.25, 0.3) is 0 Å². The molecule has 2 rings (SSSR count). The van der Waals surface area contributed by atoms with E-state index < -0.39 is 6.10 Å². The molecule has 0 spiro atoms. The molecule has 2 aromatic rings. The third-order valence-electron chi connectivity index (χ3n) is 3.21. The fourth-order valence-corrected chi connectivity index (χ4v) is 2.28. The van der Waals surface area contributed by atoms with E-state index >= 15 is 0 Å². The maximum atomic E-state index is 10.2. The maximum absolute atomic E-state index is 10.2. The fourth-order valence-electron chi connectivity index (χ4n) is 2.28. The molecule has 0 saturated carbocycles. The van der Waals surface area contributed by atoms with Crippen molar-refractivity contribution in [2.45, 2.75) is 39.3 Å². The Morgan fingerprint density at radius 2 is 2.15 bits per heavy atom. The minimum atomic E-state index is -0.438. The van der Waals surface area contributed by atoms with Crippen LogP contribution in [0, 0.1) is 6.92 Å². The molecule has 20 heavy (non-hydrogen) atoms. The molecule has 5 heteroatoms. The van der Waals surface area contributed by atoms with E-state index in [1.54, 1.807) is 13.3 Å². The second kappa shape index (κ2) is 6.52. The van der Waals surface area contributed by atoms with Crippen molar-refractivity contribution in [3.63, 3.8) is 0 Å². The van der Waals surface area contributed by atoms with Crippen LogP contribution in [0.3, 0.4) is 0 Å². The highest BCUT2D eigenvalue weighted by molar-refractivity contribution is 5.19. The highest BCUT2D eigenvalue weighted by Crippen LogP contribution is 2.12. The number of hydrogen-bond donors (Lipinski definition) is 1. The van der Waals surface area contributed by atoms with Crippen molar-refractivity contribution in [1.82, 2.24) is 14.8 Å². The average molecular weight is 275 g/mol. The SMILES string of the molecule is CCn1nc(C)cc1CC(O)Cc1ccc(OC)nc1. The standard InChI is InChI=1S/C15H21N3O2/c1-4-18-13(7-11(2)17-18)9-14(19)8-12-5-6-15(20-3)16-10-12/h5-7,10,14,19H,4,8-9H2,1-3H3. The Morgan fingerprint density at radius 1 is 1.35 bits per heavy atom. The Morgan fingerprint density at radius 3 is 2.75 bits per heavy atom. The van der Waals surface area contributed by atoms with Gasteiger partial charge in [-0.25, -0.2) is 4.98 Å². The van der Waals surface area contributed by atoms with Crippen LogP contribution in [-0.4, -0.2) is 33.1 Å². The van der Waals surface area contributed by atoms with E-state index in [-0.39, 0.29) is 0 Å². The Balaban J connectivity index is 1.98. The van der Waals surface area contributed by atoms with Crippen LogP contribution < -0.4 is 4.74 Å². The van der Waals surface area contributed by atoms with Gasteiger partial charge < -0.3 is 9.84 Å². The van der Waals surface area contributed by atoms with E-state index in [0.717, 1.165) is 23.5 Å². The number of nitrogens with zero attached hydrogens (tertiary/aromatic N) is 3. The summed E-state index contributed by atoms with van der Waals surface area (Å²) >= 11 is 0. The Bertz CT molecular complexity index is 549. The molecule has 0 aliphatic carbocycles. The molecule has 1 atom stereocenters. The Hall–Kier alpha value is -1.88. The number of aromatic nitrogens is 3. The second-order valence-corrected chi connectivity index (χ2v) is 4.86. The lowest BCUT2D eigenvalue weighted by molar-refractivity contribution is 0.172. The number of aryl methyl sites for hydroxylation is 2. The maximum Gasteiger partial charge on any atom is 0.212 e. The van der Waals surface area contributed by atoms with Crippen LogP contribution >= 0.6 is 0 Å². The van der Waals surface area contributed by atoms with Gasteiger partial charge in [0.05, 0.1) is 18.9 Å². The molecule has 0 bridgehead atoms. The molecule has 0 aliphatic rings. The number of aliphatic hydroxyl groups is 1. The lowest BCUT2D eigenvalue weighted by Gasteiger charge is -2.11. The summed E-state index contributed by atoms with van der Waals surface area (Å²) in [7, 11) is 1.59. The first-order valence-electron chi connectivity index (χ1n) is 6.82. The van der Waals surface area contributed by atoms with Gasteiger partial charge >= 0.3 is 0 Å². The molecule has 1 N–H and O–H groups in total. The summed E-state index contributed by atoms with van der Waals surface area (Å²) in [5, 5.41) is 14.6. The van der Waals surface area contributed by atoms with Gasteiger partial charge in [0, 0.05) is 37.3 Å². The predicted octanol–water partition coefficient (Wildman–Crippen LogP) is 1.76. The van der Waals surface area contributed by atoms with E-state index in [4.69, 9.17) is 4.74 Å². The average Bonchev–Trinajstić information content (AvgIpc) is 2.79. The van der Waals surface area contributed by atoms with Crippen molar-refractivity contribution in [2.75, 3.05) is 7.11 Å². The zero-order valence-corrected chi connectivity index (χ0v) is 12.2. The van der Waals surface area contributed by atoms with E-state index in [9.17, 15) is 5.11 Å². The number of aliphatic hydroxyl groups excluding tert-OH is 1. The van der Waals surface area contributed by atoms with E-state index in [1.807, 2.05) is 29.8 Å². The summed E-state index contributed by atoms with van der Waals surface area (Å²) < 4.78 is 6.95. The molecular weight excluding hydrogens is 254 g/mol. The number of ether oxygens (including phenoxy) is 1. The third-order valence-corrected chi connectivity index (χ3v) is 3.21. The monoisotopic (exact) mass is 275 g/mol. The van der Waals surface area contributed by atoms with Gasteiger partial charge in [-0.1, -0.05) is 6.07 Å². The van der Waals surface area contributed by atoms with Gasteiger partial charge in [-0.15, -0.1) is 0 Å².